The number of carbonyl (C=O) groups is 1. The first-order valence-corrected chi connectivity index (χ1v) is 4.98. The zero-order chi connectivity index (χ0) is 10.6. The number of carboxylic acid groups (broad SMARTS) is 1. The van der Waals surface area contributed by atoms with Crippen LogP contribution in [-0.4, -0.2) is 21.4 Å². The second-order valence-electron chi connectivity index (χ2n) is 2.56. The van der Waals surface area contributed by atoms with Crippen molar-refractivity contribution < 1.29 is 9.90 Å². The van der Waals surface area contributed by atoms with Crippen LogP contribution < -0.4 is 5.73 Å². The number of carboxylic acids is 1. The maximum absolute atomic E-state index is 10.7. The number of allylic oxidation sites excluding steroid dienone is 1. The van der Waals surface area contributed by atoms with Gasteiger partial charge in [-0.3, -0.25) is 0 Å². The van der Waals surface area contributed by atoms with E-state index in [2.05, 4.69) is 20.9 Å². The highest BCUT2D eigenvalue weighted by Crippen LogP contribution is 2.11. The zero-order valence-electron chi connectivity index (χ0n) is 7.27. The fourth-order valence-corrected chi connectivity index (χ4v) is 1.12. The number of nitrogens with two attached hydrogens (primary N) is 1. The number of hydrogen-bond acceptors (Lipinski definition) is 3. The van der Waals surface area contributed by atoms with Crippen LogP contribution in [0.25, 0.3) is 6.08 Å². The van der Waals surface area contributed by atoms with Crippen LogP contribution in [0.2, 0.25) is 0 Å². The summed E-state index contributed by atoms with van der Waals surface area (Å²) in [6, 6.07) is 1.49. The standard InChI is InChI=1S/C9H9BrN2O2/c10-3-1-2-6-4-7(9(13)14)8(11)12-5-6/h1-2,4-5H,3H2,(H2,11,12)(H,13,14). The third-order valence-electron chi connectivity index (χ3n) is 1.57. The van der Waals surface area contributed by atoms with Crippen molar-refractivity contribution in [2.75, 3.05) is 11.1 Å². The Labute approximate surface area is 89.6 Å². The largest absolute Gasteiger partial charge is 0.478 e. The molecule has 1 rings (SSSR count). The van der Waals surface area contributed by atoms with Gasteiger partial charge in [0.15, 0.2) is 0 Å². The van der Waals surface area contributed by atoms with E-state index in [0.29, 0.717) is 5.33 Å². The average molecular weight is 257 g/mol. The number of aromatic carboxylic acids is 1. The molecule has 0 aliphatic heterocycles. The van der Waals surface area contributed by atoms with E-state index in [0.717, 1.165) is 5.56 Å². The number of rotatable bonds is 3. The molecule has 4 nitrogen and oxygen atoms in total. The molecule has 0 unspecified atom stereocenters. The summed E-state index contributed by atoms with van der Waals surface area (Å²) < 4.78 is 0. The Morgan fingerprint density at radius 2 is 2.43 bits per heavy atom. The Bertz CT molecular complexity index is 377. The van der Waals surface area contributed by atoms with E-state index in [1.165, 1.54) is 12.3 Å². The molecule has 5 heteroatoms. The van der Waals surface area contributed by atoms with E-state index in [1.807, 2.05) is 6.08 Å². The zero-order valence-corrected chi connectivity index (χ0v) is 8.86. The number of nitrogens with zero attached hydrogens (tertiary/aromatic N) is 1. The van der Waals surface area contributed by atoms with Gasteiger partial charge in [-0.05, 0) is 11.6 Å². The van der Waals surface area contributed by atoms with E-state index in [9.17, 15) is 4.79 Å². The van der Waals surface area contributed by atoms with Gasteiger partial charge in [-0.15, -0.1) is 0 Å². The predicted octanol–water partition coefficient (Wildman–Crippen LogP) is 1.77. The van der Waals surface area contributed by atoms with E-state index < -0.39 is 5.97 Å². The third kappa shape index (κ3) is 2.56. The summed E-state index contributed by atoms with van der Waals surface area (Å²) in [5.41, 5.74) is 6.14. The van der Waals surface area contributed by atoms with Gasteiger partial charge in [-0.25, -0.2) is 9.78 Å². The Kier molecular flexibility index (Phi) is 3.64. The summed E-state index contributed by atoms with van der Waals surface area (Å²) in [5.74, 6) is -1.03. The molecule has 14 heavy (non-hydrogen) atoms. The minimum absolute atomic E-state index is 0.0294. The van der Waals surface area contributed by atoms with Crippen LogP contribution in [0.4, 0.5) is 5.82 Å². The maximum Gasteiger partial charge on any atom is 0.339 e. The molecular formula is C9H9BrN2O2. The normalized spacial score (nSPS) is 10.6. The number of aromatic nitrogens is 1. The highest BCUT2D eigenvalue weighted by Gasteiger charge is 2.08. The van der Waals surface area contributed by atoms with Crippen molar-refractivity contribution in [3.05, 3.63) is 29.5 Å². The second kappa shape index (κ2) is 4.76. The minimum Gasteiger partial charge on any atom is -0.478 e. The molecule has 0 atom stereocenters. The van der Waals surface area contributed by atoms with E-state index in [4.69, 9.17) is 10.8 Å². The molecule has 1 heterocycles. The van der Waals surface area contributed by atoms with Crippen LogP contribution in [0.15, 0.2) is 18.3 Å². The van der Waals surface area contributed by atoms with Crippen LogP contribution in [0, 0.1) is 0 Å². The van der Waals surface area contributed by atoms with Crippen molar-refractivity contribution in [1.29, 1.82) is 0 Å². The van der Waals surface area contributed by atoms with Gasteiger partial charge in [0.1, 0.15) is 11.4 Å². The molecule has 1 aromatic heterocycles. The van der Waals surface area contributed by atoms with Gasteiger partial charge in [0.2, 0.25) is 0 Å². The summed E-state index contributed by atoms with van der Waals surface area (Å²) in [6.07, 6.45) is 5.15. The summed E-state index contributed by atoms with van der Waals surface area (Å²) in [7, 11) is 0. The highest BCUT2D eigenvalue weighted by molar-refractivity contribution is 9.09. The van der Waals surface area contributed by atoms with Crippen molar-refractivity contribution in [2.45, 2.75) is 0 Å². The van der Waals surface area contributed by atoms with Gasteiger partial charge in [0.25, 0.3) is 0 Å². The van der Waals surface area contributed by atoms with Crippen LogP contribution in [0.3, 0.4) is 0 Å². The fraction of sp³-hybridized carbons (Fsp3) is 0.111. The first-order chi connectivity index (χ1) is 6.65. The van der Waals surface area contributed by atoms with Crippen molar-refractivity contribution in [2.24, 2.45) is 0 Å². The lowest BCUT2D eigenvalue weighted by atomic mass is 10.2. The molecule has 0 aliphatic carbocycles. The fourth-order valence-electron chi connectivity index (χ4n) is 0.935. The topological polar surface area (TPSA) is 76.2 Å². The van der Waals surface area contributed by atoms with Gasteiger partial charge in [0, 0.05) is 11.5 Å². The van der Waals surface area contributed by atoms with Crippen LogP contribution in [0.5, 0.6) is 0 Å². The molecule has 3 N–H and O–H groups in total. The lowest BCUT2D eigenvalue weighted by Gasteiger charge is -2.00. The molecule has 0 spiro atoms. The maximum atomic E-state index is 10.7. The summed E-state index contributed by atoms with van der Waals surface area (Å²) in [4.78, 5) is 14.5. The molecule has 0 saturated heterocycles. The number of pyridine rings is 1. The van der Waals surface area contributed by atoms with Gasteiger partial charge >= 0.3 is 5.97 Å². The number of alkyl halides is 1. The molecule has 1 aromatic rings. The lowest BCUT2D eigenvalue weighted by Crippen LogP contribution is -2.04. The van der Waals surface area contributed by atoms with Gasteiger partial charge in [-0.2, -0.15) is 0 Å². The summed E-state index contributed by atoms with van der Waals surface area (Å²) >= 11 is 3.22. The van der Waals surface area contributed by atoms with E-state index >= 15 is 0 Å². The molecule has 0 fully saturated rings. The average Bonchev–Trinajstić information content (AvgIpc) is 2.16. The Balaban J connectivity index is 3.06. The Hall–Kier alpha value is -1.36. The Morgan fingerprint density at radius 1 is 1.71 bits per heavy atom. The predicted molar refractivity (Wildman–Crippen MR) is 58.4 cm³/mol. The quantitative estimate of drug-likeness (QED) is 0.809. The monoisotopic (exact) mass is 256 g/mol. The van der Waals surface area contributed by atoms with Crippen molar-refractivity contribution in [3.63, 3.8) is 0 Å². The second-order valence-corrected chi connectivity index (χ2v) is 3.21. The molecule has 0 bridgehead atoms. The molecule has 0 saturated carbocycles. The van der Waals surface area contributed by atoms with Crippen LogP contribution in [0.1, 0.15) is 15.9 Å². The molecule has 0 radical (unpaired) electrons. The van der Waals surface area contributed by atoms with Gasteiger partial charge < -0.3 is 10.8 Å². The first-order valence-electron chi connectivity index (χ1n) is 3.86. The number of nitrogen functional groups attached to an aromatic ring is 1. The minimum atomic E-state index is -1.07. The van der Waals surface area contributed by atoms with E-state index in [1.54, 1.807) is 6.08 Å². The Morgan fingerprint density at radius 3 is 3.00 bits per heavy atom. The number of hydrogen-bond donors (Lipinski definition) is 2. The van der Waals surface area contributed by atoms with E-state index in [-0.39, 0.29) is 11.4 Å². The molecule has 0 aliphatic rings. The van der Waals surface area contributed by atoms with Crippen molar-refractivity contribution in [3.8, 4) is 0 Å². The lowest BCUT2D eigenvalue weighted by molar-refractivity contribution is 0.0697. The number of halogens is 1. The molecule has 0 aromatic carbocycles. The first kappa shape index (κ1) is 10.7. The van der Waals surface area contributed by atoms with Crippen LogP contribution in [-0.2, 0) is 0 Å². The number of anilines is 1. The molecular weight excluding hydrogens is 248 g/mol. The van der Waals surface area contributed by atoms with Gasteiger partial charge in [-0.1, -0.05) is 28.1 Å². The van der Waals surface area contributed by atoms with Gasteiger partial charge in [0.05, 0.1) is 0 Å². The molecule has 0 amide bonds. The van der Waals surface area contributed by atoms with Crippen LogP contribution >= 0.6 is 15.9 Å². The summed E-state index contributed by atoms with van der Waals surface area (Å²) in [5, 5.41) is 9.47. The van der Waals surface area contributed by atoms with Crippen molar-refractivity contribution in [1.82, 2.24) is 4.98 Å². The SMILES string of the molecule is Nc1ncc(C=CCBr)cc1C(=O)O. The molecule has 74 valence electrons. The summed E-state index contributed by atoms with van der Waals surface area (Å²) in [6.45, 7) is 0. The smallest absolute Gasteiger partial charge is 0.339 e. The highest BCUT2D eigenvalue weighted by atomic mass is 79.9. The third-order valence-corrected chi connectivity index (χ3v) is 1.94. The van der Waals surface area contributed by atoms with Crippen molar-refractivity contribution >= 4 is 33.8 Å².